The molecule has 1 aromatic rings. The van der Waals surface area contributed by atoms with E-state index in [1.807, 2.05) is 0 Å². The maximum absolute atomic E-state index is 10.6. The van der Waals surface area contributed by atoms with Gasteiger partial charge in [0.05, 0.1) is 5.69 Å². The first-order valence-electron chi connectivity index (χ1n) is 4.44. The van der Waals surface area contributed by atoms with Gasteiger partial charge in [0.25, 0.3) is 0 Å². The quantitative estimate of drug-likeness (QED) is 0.254. The predicted octanol–water partition coefficient (Wildman–Crippen LogP) is 2.76. The van der Waals surface area contributed by atoms with Gasteiger partial charge in [0.15, 0.2) is 0 Å². The molecule has 0 fully saturated rings. The fourth-order valence-electron chi connectivity index (χ4n) is 1.27. The Hall–Kier alpha value is -2.44. The lowest BCUT2D eigenvalue weighted by atomic mass is 10.1. The zero-order valence-corrected chi connectivity index (χ0v) is 8.67. The number of hydrogen-bond acceptors (Lipinski definition) is 3. The molecule has 0 aliphatic rings. The van der Waals surface area contributed by atoms with Crippen molar-refractivity contribution < 1.29 is 9.53 Å². The molecule has 0 aliphatic carbocycles. The summed E-state index contributed by atoms with van der Waals surface area (Å²) in [5.74, 6) is 2.72. The molecule has 0 amide bonds. The van der Waals surface area contributed by atoms with Crippen LogP contribution in [0.3, 0.4) is 0 Å². The van der Waals surface area contributed by atoms with E-state index in [0.29, 0.717) is 23.2 Å². The van der Waals surface area contributed by atoms with E-state index in [-0.39, 0.29) is 12.3 Å². The summed E-state index contributed by atoms with van der Waals surface area (Å²) in [6.45, 7) is 1.82. The van der Waals surface area contributed by atoms with Gasteiger partial charge in [0.2, 0.25) is 0 Å². The van der Waals surface area contributed by atoms with Crippen LogP contribution in [0.4, 0.5) is 5.69 Å². The number of azide groups is 1. The van der Waals surface area contributed by atoms with Gasteiger partial charge in [-0.05, 0) is 30.2 Å². The summed E-state index contributed by atoms with van der Waals surface area (Å²) in [7, 11) is 0. The van der Waals surface area contributed by atoms with Crippen LogP contribution in [-0.2, 0) is 0 Å². The summed E-state index contributed by atoms with van der Waals surface area (Å²) in [6, 6.07) is 3.08. The molecule has 0 saturated carbocycles. The number of benzene rings is 1. The molecule has 1 rings (SSSR count). The van der Waals surface area contributed by atoms with Gasteiger partial charge >= 0.3 is 0 Å². The third-order valence-corrected chi connectivity index (χ3v) is 1.87. The van der Waals surface area contributed by atoms with Crippen LogP contribution >= 0.6 is 0 Å². The third-order valence-electron chi connectivity index (χ3n) is 1.87. The number of carbonyl (C=O) groups excluding carboxylic acids is 1. The summed E-state index contributed by atoms with van der Waals surface area (Å²) in [4.78, 5) is 13.3. The molecular formula is C11H9N3O2. The number of nitrogens with zero attached hydrogens (tertiary/aromatic N) is 3. The van der Waals surface area contributed by atoms with Crippen molar-refractivity contribution in [2.24, 2.45) is 5.11 Å². The van der Waals surface area contributed by atoms with Crippen LogP contribution in [0.1, 0.15) is 15.9 Å². The first-order valence-corrected chi connectivity index (χ1v) is 4.44. The Kier molecular flexibility index (Phi) is 3.96. The van der Waals surface area contributed by atoms with E-state index in [1.54, 1.807) is 13.0 Å². The van der Waals surface area contributed by atoms with Crippen molar-refractivity contribution >= 4 is 12.0 Å². The van der Waals surface area contributed by atoms with Gasteiger partial charge in [0, 0.05) is 10.5 Å². The smallest absolute Gasteiger partial charge is 0.150 e. The summed E-state index contributed by atoms with van der Waals surface area (Å²) >= 11 is 0. The van der Waals surface area contributed by atoms with Crippen molar-refractivity contribution in [3.63, 3.8) is 0 Å². The average Bonchev–Trinajstić information content (AvgIpc) is 2.28. The number of carbonyl (C=O) groups is 1. The number of terminal acetylenes is 1. The van der Waals surface area contributed by atoms with Crippen molar-refractivity contribution in [3.05, 3.63) is 33.7 Å². The third kappa shape index (κ3) is 2.53. The Labute approximate surface area is 92.7 Å². The molecule has 80 valence electrons. The first kappa shape index (κ1) is 11.6. The highest BCUT2D eigenvalue weighted by molar-refractivity contribution is 5.79. The number of hydrogen-bond donors (Lipinski definition) is 0. The molecule has 0 radical (unpaired) electrons. The monoisotopic (exact) mass is 215 g/mol. The van der Waals surface area contributed by atoms with E-state index < -0.39 is 0 Å². The minimum atomic E-state index is 0.0786. The highest BCUT2D eigenvalue weighted by atomic mass is 16.5. The Morgan fingerprint density at radius 2 is 2.44 bits per heavy atom. The number of aldehydes is 1. The zero-order chi connectivity index (χ0) is 12.0. The molecule has 5 nitrogen and oxygen atoms in total. The predicted molar refractivity (Wildman–Crippen MR) is 59.7 cm³/mol. The lowest BCUT2D eigenvalue weighted by molar-refractivity contribution is 0.112. The maximum atomic E-state index is 10.6. The van der Waals surface area contributed by atoms with Gasteiger partial charge in [-0.25, -0.2) is 0 Å². The molecule has 0 spiro atoms. The molecule has 1 aromatic carbocycles. The van der Waals surface area contributed by atoms with E-state index in [1.165, 1.54) is 6.07 Å². The largest absolute Gasteiger partial charge is 0.480 e. The second kappa shape index (κ2) is 5.44. The Balaban J connectivity index is 3.28. The lowest BCUT2D eigenvalue weighted by Crippen LogP contribution is -1.97. The van der Waals surface area contributed by atoms with Crippen molar-refractivity contribution in [3.8, 4) is 18.1 Å². The first-order chi connectivity index (χ1) is 7.72. The molecule has 0 aromatic heterocycles. The second-order valence-corrected chi connectivity index (χ2v) is 2.99. The Morgan fingerprint density at radius 1 is 1.69 bits per heavy atom. The molecule has 0 unspecified atom stereocenters. The Bertz CT molecular complexity index is 497. The van der Waals surface area contributed by atoms with Gasteiger partial charge < -0.3 is 4.74 Å². The van der Waals surface area contributed by atoms with Crippen molar-refractivity contribution in [2.75, 3.05) is 6.61 Å². The summed E-state index contributed by atoms with van der Waals surface area (Å²) in [5.41, 5.74) is 9.78. The summed E-state index contributed by atoms with van der Waals surface area (Å²) in [6.07, 6.45) is 5.75. The SMILES string of the molecule is C#CCOc1c(C)cc(C=O)cc1N=[N+]=[N-]. The molecular weight excluding hydrogens is 206 g/mol. The van der Waals surface area contributed by atoms with E-state index in [4.69, 9.17) is 16.7 Å². The number of ether oxygens (including phenoxy) is 1. The van der Waals surface area contributed by atoms with Crippen LogP contribution < -0.4 is 4.74 Å². The second-order valence-electron chi connectivity index (χ2n) is 2.99. The van der Waals surface area contributed by atoms with Crippen molar-refractivity contribution in [1.82, 2.24) is 0 Å². The van der Waals surface area contributed by atoms with Crippen LogP contribution in [0.2, 0.25) is 0 Å². The van der Waals surface area contributed by atoms with Crippen molar-refractivity contribution in [1.29, 1.82) is 0 Å². The highest BCUT2D eigenvalue weighted by Gasteiger charge is 2.07. The van der Waals surface area contributed by atoms with Crippen LogP contribution in [0.15, 0.2) is 17.2 Å². The van der Waals surface area contributed by atoms with E-state index in [2.05, 4.69) is 15.9 Å². The van der Waals surface area contributed by atoms with Crippen LogP contribution in [0, 0.1) is 19.3 Å². The molecule has 0 N–H and O–H groups in total. The van der Waals surface area contributed by atoms with E-state index in [0.717, 1.165) is 0 Å². The zero-order valence-electron chi connectivity index (χ0n) is 8.67. The highest BCUT2D eigenvalue weighted by Crippen LogP contribution is 2.32. The fourth-order valence-corrected chi connectivity index (χ4v) is 1.27. The van der Waals surface area contributed by atoms with Gasteiger partial charge in [0.1, 0.15) is 18.6 Å². The van der Waals surface area contributed by atoms with Gasteiger partial charge in [-0.2, -0.15) is 0 Å². The minimum absolute atomic E-state index is 0.0786. The van der Waals surface area contributed by atoms with Gasteiger partial charge in [-0.1, -0.05) is 11.0 Å². The fraction of sp³-hybridized carbons (Fsp3) is 0.182. The molecule has 0 atom stereocenters. The number of aryl methyl sites for hydroxylation is 1. The van der Waals surface area contributed by atoms with Crippen LogP contribution in [0.5, 0.6) is 5.75 Å². The average molecular weight is 215 g/mol. The topological polar surface area (TPSA) is 75.1 Å². The van der Waals surface area contributed by atoms with Gasteiger partial charge in [-0.15, -0.1) is 6.42 Å². The van der Waals surface area contributed by atoms with E-state index >= 15 is 0 Å². The standard InChI is InChI=1S/C11H9N3O2/c1-3-4-16-11-8(2)5-9(7-15)6-10(11)13-14-12/h1,5-7H,4H2,2H3. The molecule has 0 bridgehead atoms. The summed E-state index contributed by atoms with van der Waals surface area (Å²) < 4.78 is 5.25. The summed E-state index contributed by atoms with van der Waals surface area (Å²) in [5, 5.41) is 3.46. The van der Waals surface area contributed by atoms with Crippen LogP contribution in [-0.4, -0.2) is 12.9 Å². The minimum Gasteiger partial charge on any atom is -0.480 e. The van der Waals surface area contributed by atoms with E-state index in [9.17, 15) is 4.79 Å². The molecule has 5 heteroatoms. The maximum Gasteiger partial charge on any atom is 0.150 e. The van der Waals surface area contributed by atoms with Crippen molar-refractivity contribution in [2.45, 2.75) is 6.92 Å². The van der Waals surface area contributed by atoms with Gasteiger partial charge in [-0.3, -0.25) is 4.79 Å². The molecule has 0 saturated heterocycles. The molecule has 0 heterocycles. The Morgan fingerprint density at radius 3 is 3.00 bits per heavy atom. The number of rotatable bonds is 4. The lowest BCUT2D eigenvalue weighted by Gasteiger charge is -2.09. The molecule has 16 heavy (non-hydrogen) atoms. The molecule has 0 aliphatic heterocycles. The van der Waals surface area contributed by atoms with Crippen LogP contribution in [0.25, 0.3) is 10.4 Å². The normalized spacial score (nSPS) is 8.75.